The van der Waals surface area contributed by atoms with Crippen molar-refractivity contribution < 1.29 is 24.2 Å². The maximum absolute atomic E-state index is 14.4. The van der Waals surface area contributed by atoms with Gasteiger partial charge in [0.25, 0.3) is 5.91 Å². The summed E-state index contributed by atoms with van der Waals surface area (Å²) >= 11 is 0. The number of hydrogen-bond acceptors (Lipinski definition) is 6. The van der Waals surface area contributed by atoms with Gasteiger partial charge in [0.2, 0.25) is 11.8 Å². The molecule has 0 aromatic heterocycles. The van der Waals surface area contributed by atoms with Crippen LogP contribution in [-0.2, 0) is 27.3 Å². The van der Waals surface area contributed by atoms with Crippen LogP contribution in [0.1, 0.15) is 41.7 Å². The van der Waals surface area contributed by atoms with Crippen molar-refractivity contribution in [1.29, 1.82) is 0 Å². The molecule has 2 aliphatic rings. The van der Waals surface area contributed by atoms with E-state index in [0.29, 0.717) is 36.7 Å². The molecule has 4 aromatic rings. The first kappa shape index (κ1) is 27.4. The van der Waals surface area contributed by atoms with E-state index in [1.165, 1.54) is 11.8 Å². The number of aliphatic imine (C=N–C) groups is 1. The van der Waals surface area contributed by atoms with Crippen molar-refractivity contribution in [3.63, 3.8) is 0 Å². The summed E-state index contributed by atoms with van der Waals surface area (Å²) in [4.78, 5) is 33.6. The summed E-state index contributed by atoms with van der Waals surface area (Å²) in [6.45, 7) is 2.08. The van der Waals surface area contributed by atoms with E-state index in [0.717, 1.165) is 27.8 Å². The van der Waals surface area contributed by atoms with Crippen molar-refractivity contribution in [2.45, 2.75) is 38.0 Å². The van der Waals surface area contributed by atoms with Crippen LogP contribution in [0.3, 0.4) is 0 Å². The highest BCUT2D eigenvalue weighted by molar-refractivity contribution is 6.05. The maximum Gasteiger partial charge on any atom is 0.262 e. The fourth-order valence-corrected chi connectivity index (χ4v) is 5.65. The lowest BCUT2D eigenvalue weighted by molar-refractivity contribution is -0.149. The first-order chi connectivity index (χ1) is 20.5. The predicted octanol–water partition coefficient (Wildman–Crippen LogP) is 5.50. The Bertz CT molecular complexity index is 1620. The third-order valence-corrected chi connectivity index (χ3v) is 7.86. The van der Waals surface area contributed by atoms with E-state index in [4.69, 9.17) is 19.6 Å². The van der Waals surface area contributed by atoms with Crippen LogP contribution in [0.25, 0.3) is 11.1 Å². The molecule has 1 spiro atoms. The third-order valence-electron chi connectivity index (χ3n) is 7.86. The van der Waals surface area contributed by atoms with Crippen molar-refractivity contribution in [2.75, 3.05) is 13.2 Å². The van der Waals surface area contributed by atoms with Gasteiger partial charge in [0.15, 0.2) is 11.6 Å². The molecule has 212 valence electrons. The minimum absolute atomic E-state index is 0.0625. The van der Waals surface area contributed by atoms with Crippen molar-refractivity contribution in [3.05, 3.63) is 125 Å². The Morgan fingerprint density at radius 3 is 2.24 bits per heavy atom. The molecule has 4 aromatic carbocycles. The summed E-state index contributed by atoms with van der Waals surface area (Å²) in [6, 6.07) is 33.2. The number of aliphatic hydroxyl groups is 1. The van der Waals surface area contributed by atoms with Crippen LogP contribution in [-0.4, -0.2) is 46.5 Å². The van der Waals surface area contributed by atoms with Crippen LogP contribution in [0.2, 0.25) is 0 Å². The molecule has 2 amide bonds. The van der Waals surface area contributed by atoms with Crippen molar-refractivity contribution in [1.82, 2.24) is 4.90 Å². The van der Waals surface area contributed by atoms with Gasteiger partial charge in [-0.1, -0.05) is 78.9 Å². The fourth-order valence-electron chi connectivity index (χ4n) is 5.65. The van der Waals surface area contributed by atoms with Crippen LogP contribution in [0, 0.1) is 0 Å². The lowest BCUT2D eigenvalue weighted by atomic mass is 9.81. The predicted molar refractivity (Wildman–Crippen MR) is 160 cm³/mol. The zero-order chi connectivity index (χ0) is 29.1. The Kier molecular flexibility index (Phi) is 7.59. The first-order valence-corrected chi connectivity index (χ1v) is 14.1. The molecule has 6 rings (SSSR count). The molecule has 0 bridgehead atoms. The number of ether oxygens (including phenoxy) is 2. The lowest BCUT2D eigenvalue weighted by Gasteiger charge is -2.32. The van der Waals surface area contributed by atoms with E-state index in [1.807, 2.05) is 91.0 Å². The molecule has 1 N–H and O–H groups in total. The molecule has 0 radical (unpaired) electrons. The number of fused-ring (bicyclic) bond motifs is 1. The van der Waals surface area contributed by atoms with Gasteiger partial charge >= 0.3 is 0 Å². The van der Waals surface area contributed by atoms with Crippen molar-refractivity contribution >= 4 is 17.7 Å². The molecular weight excluding hydrogens is 528 g/mol. The SMILES string of the molecule is CC(=O)N1Cc2ccccc2C[C@@]2(N=C(c3ccc(OCCCO)cc3)O[C@H]2c2ccc(-c3ccccc3)cc2)C1=O. The quantitative estimate of drug-likeness (QED) is 0.302. The maximum atomic E-state index is 14.4. The van der Waals surface area contributed by atoms with E-state index < -0.39 is 11.6 Å². The average molecular weight is 561 g/mol. The van der Waals surface area contributed by atoms with Gasteiger partial charge in [-0.15, -0.1) is 0 Å². The zero-order valence-corrected chi connectivity index (χ0v) is 23.4. The molecule has 0 saturated carbocycles. The Morgan fingerprint density at radius 1 is 0.905 bits per heavy atom. The normalized spacial score (nSPS) is 19.6. The molecule has 7 nitrogen and oxygen atoms in total. The summed E-state index contributed by atoms with van der Waals surface area (Å²) in [6.07, 6.45) is 0.0856. The van der Waals surface area contributed by atoms with Crippen molar-refractivity contribution in [3.8, 4) is 16.9 Å². The molecule has 2 atom stereocenters. The number of amides is 2. The average Bonchev–Trinajstić information content (AvgIpc) is 3.35. The number of benzene rings is 4. The van der Waals surface area contributed by atoms with Gasteiger partial charge in [0.1, 0.15) is 5.75 Å². The number of rotatable bonds is 7. The summed E-state index contributed by atoms with van der Waals surface area (Å²) in [5.74, 6) is 0.297. The number of hydrogen-bond donors (Lipinski definition) is 1. The van der Waals surface area contributed by atoms with Crippen LogP contribution >= 0.6 is 0 Å². The monoisotopic (exact) mass is 560 g/mol. The van der Waals surface area contributed by atoms with E-state index in [9.17, 15) is 9.59 Å². The minimum Gasteiger partial charge on any atom is -0.494 e. The number of aliphatic hydroxyl groups excluding tert-OH is 1. The molecule has 0 unspecified atom stereocenters. The van der Waals surface area contributed by atoms with Crippen LogP contribution in [0.5, 0.6) is 5.75 Å². The lowest BCUT2D eigenvalue weighted by Crippen LogP contribution is -2.51. The molecule has 0 saturated heterocycles. The largest absolute Gasteiger partial charge is 0.494 e. The molecule has 2 aliphatic heterocycles. The third kappa shape index (κ3) is 5.19. The van der Waals surface area contributed by atoms with Gasteiger partial charge in [-0.2, -0.15) is 0 Å². The standard InChI is InChI=1S/C35H32N2O5/c1-24(39)37-23-30-11-6-5-10-29(30)22-35(34(37)40)32(27-14-12-26(13-15-27)25-8-3-2-4-9-25)42-33(36-35)28-16-18-31(19-17-28)41-21-7-20-38/h2-6,8-19,32,38H,7,20-23H2,1H3/t32-,35-/m0/s1. The Labute approximate surface area is 245 Å². The fraction of sp³-hybridized carbons (Fsp3) is 0.229. The summed E-state index contributed by atoms with van der Waals surface area (Å²) in [7, 11) is 0. The number of nitrogens with zero attached hydrogens (tertiary/aromatic N) is 2. The van der Waals surface area contributed by atoms with Gasteiger partial charge in [-0.05, 0) is 52.1 Å². The summed E-state index contributed by atoms with van der Waals surface area (Å²) in [5, 5.41) is 9.04. The number of carbonyl (C=O) groups is 2. The Hall–Kier alpha value is -4.75. The highest BCUT2D eigenvalue weighted by Gasteiger charge is 2.56. The van der Waals surface area contributed by atoms with Gasteiger partial charge in [0.05, 0.1) is 13.2 Å². The Balaban J connectivity index is 1.43. The molecule has 2 heterocycles. The second-order valence-corrected chi connectivity index (χ2v) is 10.6. The topological polar surface area (TPSA) is 88.4 Å². The first-order valence-electron chi connectivity index (χ1n) is 14.1. The van der Waals surface area contributed by atoms with Gasteiger partial charge < -0.3 is 14.6 Å². The van der Waals surface area contributed by atoms with E-state index in [2.05, 4.69) is 12.1 Å². The van der Waals surface area contributed by atoms with Gasteiger partial charge in [-0.25, -0.2) is 4.99 Å². The molecule has 0 fully saturated rings. The molecule has 7 heteroatoms. The number of imide groups is 1. The van der Waals surface area contributed by atoms with E-state index in [-0.39, 0.29) is 25.0 Å². The van der Waals surface area contributed by atoms with E-state index >= 15 is 0 Å². The van der Waals surface area contributed by atoms with Crippen LogP contribution in [0.4, 0.5) is 0 Å². The summed E-state index contributed by atoms with van der Waals surface area (Å²) < 4.78 is 12.3. The molecule has 0 aliphatic carbocycles. The van der Waals surface area contributed by atoms with Gasteiger partial charge in [-0.3, -0.25) is 14.5 Å². The zero-order valence-electron chi connectivity index (χ0n) is 23.4. The van der Waals surface area contributed by atoms with Crippen molar-refractivity contribution in [2.24, 2.45) is 4.99 Å². The highest BCUT2D eigenvalue weighted by atomic mass is 16.5. The minimum atomic E-state index is -1.38. The second-order valence-electron chi connectivity index (χ2n) is 10.6. The van der Waals surface area contributed by atoms with Crippen LogP contribution < -0.4 is 4.74 Å². The smallest absolute Gasteiger partial charge is 0.262 e. The summed E-state index contributed by atoms with van der Waals surface area (Å²) in [5.41, 5.74) is 4.14. The highest BCUT2D eigenvalue weighted by Crippen LogP contribution is 2.45. The number of carbonyl (C=O) groups excluding carboxylic acids is 2. The van der Waals surface area contributed by atoms with Crippen LogP contribution in [0.15, 0.2) is 108 Å². The molecular formula is C35H32N2O5. The van der Waals surface area contributed by atoms with Gasteiger partial charge in [0, 0.05) is 31.9 Å². The van der Waals surface area contributed by atoms with E-state index in [1.54, 1.807) is 0 Å². The second kappa shape index (κ2) is 11.6. The Morgan fingerprint density at radius 2 is 1.55 bits per heavy atom. The molecule has 42 heavy (non-hydrogen) atoms.